The zero-order valence-electron chi connectivity index (χ0n) is 8.87. The lowest BCUT2D eigenvalue weighted by Crippen LogP contribution is -2.24. The first-order valence-corrected chi connectivity index (χ1v) is 7.28. The van der Waals surface area contributed by atoms with Crippen LogP contribution in [0.4, 0.5) is 5.69 Å². The predicted octanol–water partition coefficient (Wildman–Crippen LogP) is 3.63. The first-order chi connectivity index (χ1) is 7.79. The lowest BCUT2D eigenvalue weighted by molar-refractivity contribution is 0.666. The highest BCUT2D eigenvalue weighted by molar-refractivity contribution is 9.10. The molecule has 0 amide bonds. The normalized spacial score (nSPS) is 16.8. The van der Waals surface area contributed by atoms with Gasteiger partial charge >= 0.3 is 0 Å². The summed E-state index contributed by atoms with van der Waals surface area (Å²) in [5, 5.41) is 12.5. The largest absolute Gasteiger partial charge is 0.381 e. The minimum Gasteiger partial charge on any atom is -0.381 e. The molecule has 4 heteroatoms. The smallest absolute Gasteiger partial charge is 0.101 e. The Kier molecular flexibility index (Phi) is 4.14. The Balaban J connectivity index is 2.13. The maximum absolute atomic E-state index is 9.03. The van der Waals surface area contributed by atoms with E-state index in [4.69, 9.17) is 5.26 Å². The third kappa shape index (κ3) is 2.93. The highest BCUT2D eigenvalue weighted by Gasteiger charge is 2.14. The van der Waals surface area contributed by atoms with Crippen LogP contribution in [0, 0.1) is 11.3 Å². The number of nitriles is 1. The molecule has 0 aliphatic carbocycles. The van der Waals surface area contributed by atoms with Crippen LogP contribution in [0.3, 0.4) is 0 Å². The molecule has 2 rings (SSSR count). The maximum atomic E-state index is 9.03. The van der Waals surface area contributed by atoms with Gasteiger partial charge in [-0.25, -0.2) is 0 Å². The molecule has 0 atom stereocenters. The number of nitrogens with one attached hydrogen (secondary N) is 1. The number of hydrogen-bond donors (Lipinski definition) is 1. The van der Waals surface area contributed by atoms with E-state index in [1.54, 1.807) is 0 Å². The zero-order valence-corrected chi connectivity index (χ0v) is 11.3. The van der Waals surface area contributed by atoms with Crippen molar-refractivity contribution in [1.29, 1.82) is 5.26 Å². The van der Waals surface area contributed by atoms with Crippen LogP contribution in [-0.4, -0.2) is 17.5 Å². The van der Waals surface area contributed by atoms with Gasteiger partial charge in [0.25, 0.3) is 0 Å². The molecule has 1 aliphatic heterocycles. The van der Waals surface area contributed by atoms with E-state index in [0.717, 1.165) is 15.7 Å². The standard InChI is InChI=1S/C12H13BrN2S/c13-10-2-1-9(8-14)12(7-10)15-11-3-5-16-6-4-11/h1-2,7,11,15H,3-6H2. The number of anilines is 1. The highest BCUT2D eigenvalue weighted by atomic mass is 79.9. The van der Waals surface area contributed by atoms with Crippen molar-refractivity contribution in [2.75, 3.05) is 16.8 Å². The van der Waals surface area contributed by atoms with Gasteiger partial charge < -0.3 is 5.32 Å². The molecule has 1 aromatic carbocycles. The van der Waals surface area contributed by atoms with Crippen molar-refractivity contribution in [1.82, 2.24) is 0 Å². The van der Waals surface area contributed by atoms with Gasteiger partial charge in [-0.05, 0) is 42.5 Å². The Morgan fingerprint density at radius 2 is 2.12 bits per heavy atom. The van der Waals surface area contributed by atoms with Crippen molar-refractivity contribution in [3.05, 3.63) is 28.2 Å². The van der Waals surface area contributed by atoms with Gasteiger partial charge in [-0.2, -0.15) is 17.0 Å². The fraction of sp³-hybridized carbons (Fsp3) is 0.417. The highest BCUT2D eigenvalue weighted by Crippen LogP contribution is 2.25. The van der Waals surface area contributed by atoms with Crippen molar-refractivity contribution < 1.29 is 0 Å². The Morgan fingerprint density at radius 1 is 1.38 bits per heavy atom. The molecule has 1 saturated heterocycles. The van der Waals surface area contributed by atoms with Gasteiger partial charge in [-0.3, -0.25) is 0 Å². The molecular formula is C12H13BrN2S. The number of halogens is 1. The van der Waals surface area contributed by atoms with Gasteiger partial charge in [0, 0.05) is 10.5 Å². The summed E-state index contributed by atoms with van der Waals surface area (Å²) in [6, 6.07) is 8.48. The fourth-order valence-corrected chi connectivity index (χ4v) is 3.26. The predicted molar refractivity (Wildman–Crippen MR) is 72.8 cm³/mol. The van der Waals surface area contributed by atoms with Crippen molar-refractivity contribution >= 4 is 33.4 Å². The molecule has 1 aliphatic rings. The van der Waals surface area contributed by atoms with Crippen LogP contribution in [0.15, 0.2) is 22.7 Å². The van der Waals surface area contributed by atoms with Crippen LogP contribution in [0.5, 0.6) is 0 Å². The van der Waals surface area contributed by atoms with E-state index < -0.39 is 0 Å². The third-order valence-corrected chi connectivity index (χ3v) is 4.23. The Bertz CT molecular complexity index is 408. The van der Waals surface area contributed by atoms with E-state index >= 15 is 0 Å². The summed E-state index contributed by atoms with van der Waals surface area (Å²) in [6.45, 7) is 0. The van der Waals surface area contributed by atoms with Gasteiger partial charge in [0.1, 0.15) is 6.07 Å². The van der Waals surface area contributed by atoms with Crippen molar-refractivity contribution in [2.24, 2.45) is 0 Å². The number of hydrogen-bond acceptors (Lipinski definition) is 3. The molecule has 0 saturated carbocycles. The van der Waals surface area contributed by atoms with Gasteiger partial charge in [-0.1, -0.05) is 15.9 Å². The van der Waals surface area contributed by atoms with E-state index in [9.17, 15) is 0 Å². The van der Waals surface area contributed by atoms with Crippen LogP contribution in [-0.2, 0) is 0 Å². The first-order valence-electron chi connectivity index (χ1n) is 5.33. The second-order valence-electron chi connectivity index (χ2n) is 3.83. The van der Waals surface area contributed by atoms with Crippen LogP contribution in [0.25, 0.3) is 0 Å². The molecule has 84 valence electrons. The fourth-order valence-electron chi connectivity index (χ4n) is 1.80. The van der Waals surface area contributed by atoms with Crippen molar-refractivity contribution in [3.63, 3.8) is 0 Å². The lowest BCUT2D eigenvalue weighted by atomic mass is 10.1. The third-order valence-electron chi connectivity index (χ3n) is 2.68. The number of nitrogens with zero attached hydrogens (tertiary/aromatic N) is 1. The molecule has 1 N–H and O–H groups in total. The molecule has 16 heavy (non-hydrogen) atoms. The molecule has 1 heterocycles. The van der Waals surface area contributed by atoms with Crippen molar-refractivity contribution in [2.45, 2.75) is 18.9 Å². The Hall–Kier alpha value is -0.660. The minimum absolute atomic E-state index is 0.516. The van der Waals surface area contributed by atoms with E-state index in [2.05, 4.69) is 27.3 Å². The summed E-state index contributed by atoms with van der Waals surface area (Å²) in [5.74, 6) is 2.43. The molecule has 1 aromatic rings. The van der Waals surface area contributed by atoms with E-state index in [1.165, 1.54) is 24.3 Å². The second-order valence-corrected chi connectivity index (χ2v) is 5.97. The summed E-state index contributed by atoms with van der Waals surface area (Å²) in [7, 11) is 0. The van der Waals surface area contributed by atoms with Crippen LogP contribution >= 0.6 is 27.7 Å². The second kappa shape index (κ2) is 5.60. The summed E-state index contributed by atoms with van der Waals surface area (Å²) in [4.78, 5) is 0. The quantitative estimate of drug-likeness (QED) is 0.905. The van der Waals surface area contributed by atoms with Crippen molar-refractivity contribution in [3.8, 4) is 6.07 Å². The molecule has 0 unspecified atom stereocenters. The van der Waals surface area contributed by atoms with E-state index in [-0.39, 0.29) is 0 Å². The molecule has 2 nitrogen and oxygen atoms in total. The molecule has 1 fully saturated rings. The Morgan fingerprint density at radius 3 is 2.81 bits per heavy atom. The number of benzene rings is 1. The Labute approximate surface area is 109 Å². The number of thioether (sulfide) groups is 1. The molecule has 0 bridgehead atoms. The topological polar surface area (TPSA) is 35.8 Å². The summed E-state index contributed by atoms with van der Waals surface area (Å²) in [5.41, 5.74) is 1.68. The minimum atomic E-state index is 0.516. The van der Waals surface area contributed by atoms with Gasteiger partial charge in [0.2, 0.25) is 0 Å². The summed E-state index contributed by atoms with van der Waals surface area (Å²) in [6.07, 6.45) is 2.37. The molecule has 0 spiro atoms. The average molecular weight is 297 g/mol. The molecule has 0 radical (unpaired) electrons. The molecule has 0 aromatic heterocycles. The van der Waals surface area contributed by atoms with E-state index in [0.29, 0.717) is 6.04 Å². The zero-order chi connectivity index (χ0) is 11.4. The SMILES string of the molecule is N#Cc1ccc(Br)cc1NC1CCSCC1. The van der Waals surface area contributed by atoms with Gasteiger partial charge in [0.15, 0.2) is 0 Å². The van der Waals surface area contributed by atoms with Crippen LogP contribution in [0.1, 0.15) is 18.4 Å². The average Bonchev–Trinajstić information content (AvgIpc) is 2.31. The maximum Gasteiger partial charge on any atom is 0.101 e. The van der Waals surface area contributed by atoms with Crippen LogP contribution in [0.2, 0.25) is 0 Å². The van der Waals surface area contributed by atoms with Gasteiger partial charge in [-0.15, -0.1) is 0 Å². The summed E-state index contributed by atoms with van der Waals surface area (Å²) >= 11 is 5.44. The molecular weight excluding hydrogens is 284 g/mol. The monoisotopic (exact) mass is 296 g/mol. The number of rotatable bonds is 2. The summed E-state index contributed by atoms with van der Waals surface area (Å²) < 4.78 is 1.01. The van der Waals surface area contributed by atoms with Gasteiger partial charge in [0.05, 0.1) is 11.3 Å². The van der Waals surface area contributed by atoms with E-state index in [1.807, 2.05) is 30.0 Å². The lowest BCUT2D eigenvalue weighted by Gasteiger charge is -2.24. The first kappa shape index (κ1) is 11.8. The van der Waals surface area contributed by atoms with Crippen LogP contribution < -0.4 is 5.32 Å².